The number of hydrogen-bond donors (Lipinski definition) is 2. The van der Waals surface area contributed by atoms with Crippen molar-refractivity contribution in [3.05, 3.63) is 56.5 Å². The van der Waals surface area contributed by atoms with Crippen molar-refractivity contribution in [2.75, 3.05) is 58.2 Å². The van der Waals surface area contributed by atoms with Crippen LogP contribution in [-0.2, 0) is 22.4 Å². The van der Waals surface area contributed by atoms with E-state index >= 15 is 0 Å². The number of amides is 4. The van der Waals surface area contributed by atoms with Gasteiger partial charge in [0.1, 0.15) is 5.75 Å². The maximum atomic E-state index is 14.0. The Kier molecular flexibility index (Phi) is 11.3. The van der Waals surface area contributed by atoms with Crippen molar-refractivity contribution in [2.45, 2.75) is 63.5 Å². The van der Waals surface area contributed by atoms with Crippen molar-refractivity contribution in [2.24, 2.45) is 11.8 Å². The maximum absolute atomic E-state index is 14.0. The summed E-state index contributed by atoms with van der Waals surface area (Å²) in [4.78, 5) is 46.2. The van der Waals surface area contributed by atoms with Gasteiger partial charge in [0.2, 0.25) is 0 Å². The van der Waals surface area contributed by atoms with Gasteiger partial charge < -0.3 is 34.8 Å². The summed E-state index contributed by atoms with van der Waals surface area (Å²) in [6.45, 7) is 5.08. The Morgan fingerprint density at radius 1 is 0.894 bits per heavy atom. The SMILES string of the molecule is COc1c(Br)cc(C[C@@H](OC(=O)N2CCC(N3CCc4ccccc4NC3=O)CC2)C(=O)N2CCC(C3CCNCC3)CC2)cc1Br. The zero-order valence-corrected chi connectivity index (χ0v) is 30.2. The molecule has 4 aliphatic rings. The van der Waals surface area contributed by atoms with Crippen LogP contribution in [0.25, 0.3) is 0 Å². The fraction of sp³-hybridized carbons (Fsp3) is 0.571. The number of urea groups is 1. The molecule has 2 aromatic rings. The molecule has 0 aromatic heterocycles. The Morgan fingerprint density at radius 3 is 2.21 bits per heavy atom. The number of methoxy groups -OCH3 is 1. The van der Waals surface area contributed by atoms with Gasteiger partial charge >= 0.3 is 12.1 Å². The molecule has 10 nitrogen and oxygen atoms in total. The predicted molar refractivity (Wildman–Crippen MR) is 188 cm³/mol. The molecule has 6 rings (SSSR count). The van der Waals surface area contributed by atoms with Crippen molar-refractivity contribution in [3.8, 4) is 5.75 Å². The van der Waals surface area contributed by atoms with E-state index in [-0.39, 0.29) is 24.4 Å². The minimum absolute atomic E-state index is 0.0287. The second kappa shape index (κ2) is 15.6. The number of carbonyl (C=O) groups is 3. The van der Waals surface area contributed by atoms with Gasteiger partial charge in [-0.3, -0.25) is 4.79 Å². The highest BCUT2D eigenvalue weighted by Gasteiger charge is 2.36. The number of hydrogen-bond acceptors (Lipinski definition) is 6. The third-order valence-electron chi connectivity index (χ3n) is 10.4. The molecule has 0 bridgehead atoms. The molecule has 2 aromatic carbocycles. The number of carbonyl (C=O) groups excluding carboxylic acids is 3. The Hall–Kier alpha value is -2.83. The molecule has 254 valence electrons. The summed E-state index contributed by atoms with van der Waals surface area (Å²) in [7, 11) is 1.60. The smallest absolute Gasteiger partial charge is 0.410 e. The zero-order chi connectivity index (χ0) is 32.9. The number of likely N-dealkylation sites (tertiary alicyclic amines) is 2. The van der Waals surface area contributed by atoms with Crippen LogP contribution in [-0.4, -0.2) is 97.8 Å². The number of halogens is 2. The molecule has 4 amide bonds. The molecule has 3 fully saturated rings. The number of benzene rings is 2. The molecule has 4 aliphatic heterocycles. The van der Waals surface area contributed by atoms with Crippen LogP contribution in [0.15, 0.2) is 45.3 Å². The number of nitrogens with one attached hydrogen (secondary N) is 2. The van der Waals surface area contributed by atoms with Crippen molar-refractivity contribution in [1.29, 1.82) is 0 Å². The Balaban J connectivity index is 1.09. The molecule has 12 heteroatoms. The fourth-order valence-electron chi connectivity index (χ4n) is 7.72. The number of para-hydroxylation sites is 1. The van der Waals surface area contributed by atoms with Gasteiger partial charge in [-0.15, -0.1) is 0 Å². The van der Waals surface area contributed by atoms with Gasteiger partial charge in [0, 0.05) is 50.9 Å². The van der Waals surface area contributed by atoms with Gasteiger partial charge in [-0.2, -0.15) is 0 Å². The van der Waals surface area contributed by atoms with Crippen molar-refractivity contribution in [1.82, 2.24) is 20.0 Å². The van der Waals surface area contributed by atoms with Crippen LogP contribution in [0.5, 0.6) is 5.75 Å². The van der Waals surface area contributed by atoms with Crippen LogP contribution in [0.4, 0.5) is 15.3 Å². The quantitative estimate of drug-likeness (QED) is 0.355. The first-order valence-corrected chi connectivity index (χ1v) is 18.5. The summed E-state index contributed by atoms with van der Waals surface area (Å²) in [6, 6.07) is 11.7. The molecule has 0 aliphatic carbocycles. The maximum Gasteiger partial charge on any atom is 0.410 e. The third-order valence-corrected chi connectivity index (χ3v) is 11.6. The Bertz CT molecular complexity index is 1410. The van der Waals surface area contributed by atoms with Gasteiger partial charge in [0.05, 0.1) is 16.1 Å². The Labute approximate surface area is 294 Å². The molecular weight excluding hydrogens is 730 g/mol. The van der Waals surface area contributed by atoms with Crippen LogP contribution < -0.4 is 15.4 Å². The summed E-state index contributed by atoms with van der Waals surface area (Å²) in [6.07, 6.45) is 5.29. The van der Waals surface area contributed by atoms with E-state index in [2.05, 4.69) is 48.6 Å². The van der Waals surface area contributed by atoms with E-state index in [9.17, 15) is 14.4 Å². The number of fused-ring (bicyclic) bond motifs is 1. The lowest BCUT2D eigenvalue weighted by Crippen LogP contribution is -2.52. The summed E-state index contributed by atoms with van der Waals surface area (Å²) in [5.74, 6) is 1.88. The summed E-state index contributed by atoms with van der Waals surface area (Å²) < 4.78 is 13.1. The van der Waals surface area contributed by atoms with Crippen molar-refractivity contribution < 1.29 is 23.9 Å². The van der Waals surface area contributed by atoms with E-state index < -0.39 is 12.2 Å². The number of ether oxygens (including phenoxy) is 2. The minimum atomic E-state index is -0.947. The van der Waals surface area contributed by atoms with Crippen LogP contribution in [0.3, 0.4) is 0 Å². The normalized spacial score (nSPS) is 20.7. The van der Waals surface area contributed by atoms with E-state index in [1.54, 1.807) is 12.0 Å². The first kappa shape index (κ1) is 34.0. The largest absolute Gasteiger partial charge is 0.494 e. The third kappa shape index (κ3) is 8.08. The molecule has 1 atom stereocenters. The van der Waals surface area contributed by atoms with Gasteiger partial charge in [0.25, 0.3) is 5.91 Å². The monoisotopic (exact) mass is 773 g/mol. The summed E-state index contributed by atoms with van der Waals surface area (Å²) in [5, 5.41) is 6.51. The second-order valence-corrected chi connectivity index (χ2v) is 14.9. The second-order valence-electron chi connectivity index (χ2n) is 13.2. The molecule has 0 radical (unpaired) electrons. The van der Waals surface area contributed by atoms with Gasteiger partial charge in [-0.1, -0.05) is 18.2 Å². The number of anilines is 1. The lowest BCUT2D eigenvalue weighted by atomic mass is 9.79. The van der Waals surface area contributed by atoms with E-state index in [4.69, 9.17) is 9.47 Å². The average molecular weight is 776 g/mol. The van der Waals surface area contributed by atoms with Gasteiger partial charge in [-0.25, -0.2) is 9.59 Å². The molecule has 0 unspecified atom stereocenters. The summed E-state index contributed by atoms with van der Waals surface area (Å²) >= 11 is 7.14. The molecule has 0 spiro atoms. The Morgan fingerprint density at radius 2 is 1.53 bits per heavy atom. The molecule has 47 heavy (non-hydrogen) atoms. The lowest BCUT2D eigenvalue weighted by molar-refractivity contribution is -0.142. The molecular formula is C35H45Br2N5O5. The van der Waals surface area contributed by atoms with Crippen LogP contribution >= 0.6 is 31.9 Å². The highest BCUT2D eigenvalue weighted by atomic mass is 79.9. The van der Waals surface area contributed by atoms with E-state index in [0.29, 0.717) is 57.2 Å². The van der Waals surface area contributed by atoms with Crippen molar-refractivity contribution >= 4 is 55.6 Å². The van der Waals surface area contributed by atoms with Crippen LogP contribution in [0, 0.1) is 11.8 Å². The molecule has 0 saturated carbocycles. The fourth-order valence-corrected chi connectivity index (χ4v) is 9.33. The van der Waals surface area contributed by atoms with Crippen LogP contribution in [0.1, 0.15) is 49.7 Å². The van der Waals surface area contributed by atoms with Crippen LogP contribution in [0.2, 0.25) is 0 Å². The van der Waals surface area contributed by atoms with E-state index in [1.165, 1.54) is 12.8 Å². The van der Waals surface area contributed by atoms with Crippen molar-refractivity contribution in [3.63, 3.8) is 0 Å². The number of nitrogens with zero attached hydrogens (tertiary/aromatic N) is 3. The highest BCUT2D eigenvalue weighted by molar-refractivity contribution is 9.11. The highest BCUT2D eigenvalue weighted by Crippen LogP contribution is 2.36. The lowest BCUT2D eigenvalue weighted by Gasteiger charge is -2.39. The number of rotatable bonds is 7. The molecule has 4 heterocycles. The van der Waals surface area contributed by atoms with E-state index in [1.807, 2.05) is 40.1 Å². The average Bonchev–Trinajstić information content (AvgIpc) is 3.26. The van der Waals surface area contributed by atoms with Gasteiger partial charge in [-0.05, 0) is 131 Å². The molecule has 2 N–H and O–H groups in total. The first-order valence-electron chi connectivity index (χ1n) is 16.9. The number of piperidine rings is 3. The molecule has 3 saturated heterocycles. The first-order chi connectivity index (χ1) is 22.8. The van der Waals surface area contributed by atoms with E-state index in [0.717, 1.165) is 64.0 Å². The standard InChI is InChI=1S/C35H45Br2N5O5/c1-46-32-28(36)20-23(21-29(32)37)22-31(33(43)40-15-8-25(9-16-40)24-6-13-38-14-7-24)47-35(45)41-17-11-27(12-18-41)42-19-10-26-4-2-3-5-30(26)39-34(42)44/h2-5,20-21,24-25,27,31,38H,6-19,22H2,1H3,(H,39,44)/t31-/m1/s1. The zero-order valence-electron chi connectivity index (χ0n) is 27.0. The van der Waals surface area contributed by atoms with Gasteiger partial charge in [0.15, 0.2) is 6.10 Å². The predicted octanol–water partition coefficient (Wildman–Crippen LogP) is 6.06. The minimum Gasteiger partial charge on any atom is -0.494 e. The topological polar surface area (TPSA) is 103 Å². The summed E-state index contributed by atoms with van der Waals surface area (Å²) in [5.41, 5.74) is 2.85.